The van der Waals surface area contributed by atoms with Crippen LogP contribution in [-0.4, -0.2) is 23.6 Å². The van der Waals surface area contributed by atoms with Gasteiger partial charge in [0.15, 0.2) is 5.82 Å². The van der Waals surface area contributed by atoms with Crippen LogP contribution in [0.2, 0.25) is 0 Å². The lowest BCUT2D eigenvalue weighted by atomic mass is 10.2. The Morgan fingerprint density at radius 3 is 2.48 bits per heavy atom. The number of aromatic amines is 1. The van der Waals surface area contributed by atoms with Crippen LogP contribution in [0.5, 0.6) is 0 Å². The van der Waals surface area contributed by atoms with Gasteiger partial charge in [-0.25, -0.2) is 8.42 Å². The summed E-state index contributed by atoms with van der Waals surface area (Å²) in [5.74, 6) is 0.220. The van der Waals surface area contributed by atoms with Gasteiger partial charge in [-0.05, 0) is 24.3 Å². The van der Waals surface area contributed by atoms with Crippen LogP contribution in [0.1, 0.15) is 0 Å². The average molecular weight is 300 g/mol. The Bertz CT molecular complexity index is 830. The zero-order valence-corrected chi connectivity index (χ0v) is 11.7. The normalized spacial score (nSPS) is 11.2. The summed E-state index contributed by atoms with van der Waals surface area (Å²) in [5.41, 5.74) is 1.23. The van der Waals surface area contributed by atoms with Crippen molar-refractivity contribution in [1.82, 2.24) is 15.2 Å². The molecule has 0 unspecified atom stereocenters. The van der Waals surface area contributed by atoms with Gasteiger partial charge in [-0.3, -0.25) is 14.8 Å². The number of sulfonamides is 1. The van der Waals surface area contributed by atoms with E-state index in [1.54, 1.807) is 42.7 Å². The molecule has 0 saturated carbocycles. The lowest BCUT2D eigenvalue weighted by Crippen LogP contribution is -2.13. The van der Waals surface area contributed by atoms with E-state index in [1.165, 1.54) is 12.1 Å². The molecule has 2 heterocycles. The van der Waals surface area contributed by atoms with E-state index in [-0.39, 0.29) is 10.7 Å². The molecule has 0 aliphatic heterocycles. The van der Waals surface area contributed by atoms with Crippen LogP contribution in [0.25, 0.3) is 11.3 Å². The van der Waals surface area contributed by atoms with Gasteiger partial charge in [0.25, 0.3) is 10.0 Å². The lowest BCUT2D eigenvalue weighted by Gasteiger charge is -2.07. The van der Waals surface area contributed by atoms with Crippen molar-refractivity contribution in [3.63, 3.8) is 0 Å². The van der Waals surface area contributed by atoms with Crippen molar-refractivity contribution < 1.29 is 8.42 Å². The second-order valence-electron chi connectivity index (χ2n) is 4.28. The summed E-state index contributed by atoms with van der Waals surface area (Å²) in [6.45, 7) is 0. The van der Waals surface area contributed by atoms with Crippen LogP contribution in [0.3, 0.4) is 0 Å². The van der Waals surface area contributed by atoms with Gasteiger partial charge in [0.1, 0.15) is 0 Å². The summed E-state index contributed by atoms with van der Waals surface area (Å²) in [7, 11) is -3.67. The Morgan fingerprint density at radius 1 is 1.00 bits per heavy atom. The number of pyridine rings is 1. The molecule has 3 aromatic rings. The van der Waals surface area contributed by atoms with Gasteiger partial charge in [0, 0.05) is 12.4 Å². The summed E-state index contributed by atoms with van der Waals surface area (Å²) in [5, 5.41) is 6.60. The number of anilines is 1. The molecule has 0 atom stereocenters. The molecule has 106 valence electrons. The van der Waals surface area contributed by atoms with Crippen LogP contribution >= 0.6 is 0 Å². The van der Waals surface area contributed by atoms with Crippen molar-refractivity contribution in [1.29, 1.82) is 0 Å². The first-order valence-corrected chi connectivity index (χ1v) is 7.68. The number of nitrogens with one attached hydrogen (secondary N) is 2. The van der Waals surface area contributed by atoms with Gasteiger partial charge >= 0.3 is 0 Å². The maximum Gasteiger partial charge on any atom is 0.263 e. The fourth-order valence-electron chi connectivity index (χ4n) is 1.87. The summed E-state index contributed by atoms with van der Waals surface area (Å²) in [4.78, 5) is 4.37. The van der Waals surface area contributed by atoms with E-state index >= 15 is 0 Å². The van der Waals surface area contributed by atoms with Gasteiger partial charge in [-0.15, -0.1) is 0 Å². The average Bonchev–Trinajstić information content (AvgIpc) is 2.96. The van der Waals surface area contributed by atoms with Crippen molar-refractivity contribution in [2.75, 3.05) is 4.72 Å². The molecule has 2 N–H and O–H groups in total. The fourth-order valence-corrected chi connectivity index (χ4v) is 2.91. The van der Waals surface area contributed by atoms with Crippen molar-refractivity contribution in [3.8, 4) is 11.3 Å². The Morgan fingerprint density at radius 2 is 1.76 bits per heavy atom. The first-order valence-electron chi connectivity index (χ1n) is 6.20. The molecule has 1 aromatic carbocycles. The summed E-state index contributed by atoms with van der Waals surface area (Å²) in [6.07, 6.45) is 3.24. The zero-order chi connectivity index (χ0) is 14.7. The highest BCUT2D eigenvalue weighted by atomic mass is 32.2. The first kappa shape index (κ1) is 13.3. The molecular weight excluding hydrogens is 288 g/mol. The zero-order valence-electron chi connectivity index (χ0n) is 10.9. The number of benzene rings is 1. The minimum absolute atomic E-state index is 0.181. The summed E-state index contributed by atoms with van der Waals surface area (Å²) < 4.78 is 27.1. The van der Waals surface area contributed by atoms with Crippen molar-refractivity contribution in [2.45, 2.75) is 4.90 Å². The molecule has 0 fully saturated rings. The minimum Gasteiger partial charge on any atom is -0.283 e. The van der Waals surface area contributed by atoms with E-state index in [0.29, 0.717) is 11.3 Å². The standard InChI is InChI=1S/C14H12N4O2S/c19-21(20,11-6-2-1-3-7-11)18-14-12(10-16-17-14)13-8-4-5-9-15-13/h1-10H,(H2,16,17,18). The molecule has 6 nitrogen and oxygen atoms in total. The van der Waals surface area contributed by atoms with Crippen LogP contribution in [-0.2, 0) is 10.0 Å². The Hall–Kier alpha value is -2.67. The second-order valence-corrected chi connectivity index (χ2v) is 5.96. The third kappa shape index (κ3) is 2.77. The van der Waals surface area contributed by atoms with Gasteiger partial charge in [0.05, 0.1) is 16.2 Å². The number of H-pyrrole nitrogens is 1. The van der Waals surface area contributed by atoms with E-state index in [4.69, 9.17) is 0 Å². The van der Waals surface area contributed by atoms with E-state index < -0.39 is 10.0 Å². The van der Waals surface area contributed by atoms with Crippen molar-refractivity contribution in [3.05, 3.63) is 60.9 Å². The molecule has 0 bridgehead atoms. The van der Waals surface area contributed by atoms with Gasteiger partial charge in [-0.2, -0.15) is 5.10 Å². The number of rotatable bonds is 4. The molecule has 3 rings (SSSR count). The summed E-state index contributed by atoms with van der Waals surface area (Å²) in [6, 6.07) is 13.5. The van der Waals surface area contributed by atoms with Gasteiger partial charge in [0.2, 0.25) is 0 Å². The van der Waals surface area contributed by atoms with Gasteiger partial charge in [-0.1, -0.05) is 24.3 Å². The monoisotopic (exact) mass is 300 g/mol. The quantitative estimate of drug-likeness (QED) is 0.773. The molecule has 21 heavy (non-hydrogen) atoms. The van der Waals surface area contributed by atoms with Crippen molar-refractivity contribution >= 4 is 15.8 Å². The van der Waals surface area contributed by atoms with E-state index in [2.05, 4.69) is 19.9 Å². The SMILES string of the molecule is O=S(=O)(Nc1n[nH]cc1-c1ccccn1)c1ccccc1. The highest BCUT2D eigenvalue weighted by Crippen LogP contribution is 2.25. The Kier molecular flexibility index (Phi) is 3.41. The molecule has 0 aliphatic carbocycles. The Labute approximate surface area is 121 Å². The molecule has 2 aromatic heterocycles. The molecule has 7 heteroatoms. The predicted octanol–water partition coefficient (Wildman–Crippen LogP) is 2.27. The molecule has 0 amide bonds. The lowest BCUT2D eigenvalue weighted by molar-refractivity contribution is 0.601. The smallest absolute Gasteiger partial charge is 0.263 e. The van der Waals surface area contributed by atoms with E-state index in [9.17, 15) is 8.42 Å². The predicted molar refractivity (Wildman–Crippen MR) is 79.1 cm³/mol. The summed E-state index contributed by atoms with van der Waals surface area (Å²) >= 11 is 0. The molecular formula is C14H12N4O2S. The number of hydrogen-bond donors (Lipinski definition) is 2. The van der Waals surface area contributed by atoms with Crippen molar-refractivity contribution in [2.24, 2.45) is 0 Å². The van der Waals surface area contributed by atoms with Crippen LogP contribution in [0, 0.1) is 0 Å². The molecule has 0 radical (unpaired) electrons. The third-order valence-electron chi connectivity index (χ3n) is 2.87. The topological polar surface area (TPSA) is 87.7 Å². The minimum atomic E-state index is -3.67. The van der Waals surface area contributed by atoms with E-state index in [0.717, 1.165) is 0 Å². The molecule has 0 saturated heterocycles. The largest absolute Gasteiger partial charge is 0.283 e. The van der Waals surface area contributed by atoms with Crippen LogP contribution < -0.4 is 4.72 Å². The van der Waals surface area contributed by atoms with Gasteiger partial charge < -0.3 is 0 Å². The number of nitrogens with zero attached hydrogens (tertiary/aromatic N) is 2. The fraction of sp³-hybridized carbons (Fsp3) is 0. The Balaban J connectivity index is 1.96. The number of aromatic nitrogens is 3. The van der Waals surface area contributed by atoms with Crippen LogP contribution in [0.15, 0.2) is 65.8 Å². The maximum absolute atomic E-state index is 12.3. The molecule has 0 aliphatic rings. The maximum atomic E-state index is 12.3. The number of hydrogen-bond acceptors (Lipinski definition) is 4. The second kappa shape index (κ2) is 5.37. The highest BCUT2D eigenvalue weighted by Gasteiger charge is 2.18. The van der Waals surface area contributed by atoms with E-state index in [1.807, 2.05) is 6.07 Å². The van der Waals surface area contributed by atoms with Crippen LogP contribution in [0.4, 0.5) is 5.82 Å². The molecule has 0 spiro atoms. The first-order chi connectivity index (χ1) is 10.2. The third-order valence-corrected chi connectivity index (χ3v) is 4.22. The highest BCUT2D eigenvalue weighted by molar-refractivity contribution is 7.92.